The third-order valence-corrected chi connectivity index (χ3v) is 3.05. The highest BCUT2D eigenvalue weighted by Crippen LogP contribution is 2.31. The van der Waals surface area contributed by atoms with E-state index in [-0.39, 0.29) is 0 Å². The van der Waals surface area contributed by atoms with Gasteiger partial charge in [-0.3, -0.25) is 0 Å². The predicted octanol–water partition coefficient (Wildman–Crippen LogP) is 1.79. The molecule has 1 nitrogen and oxygen atoms in total. The topological polar surface area (TPSA) is 12.0 Å². The first kappa shape index (κ1) is 6.66. The van der Waals surface area contributed by atoms with Crippen LogP contribution in [0.15, 0.2) is 0 Å². The van der Waals surface area contributed by atoms with Crippen LogP contribution in [0.1, 0.15) is 32.1 Å². The highest BCUT2D eigenvalue weighted by Gasteiger charge is 2.23. The molecule has 1 heteroatoms. The lowest BCUT2D eigenvalue weighted by atomic mass is 9.81. The molecule has 1 heterocycles. The van der Waals surface area contributed by atoms with Crippen LogP contribution in [0.5, 0.6) is 0 Å². The van der Waals surface area contributed by atoms with Crippen LogP contribution >= 0.6 is 0 Å². The lowest BCUT2D eigenvalue weighted by Gasteiger charge is -2.25. The van der Waals surface area contributed by atoms with Crippen LogP contribution in [-0.2, 0) is 0 Å². The molecule has 2 bridgehead atoms. The molecule has 2 fully saturated rings. The molecule has 0 radical (unpaired) electrons. The van der Waals surface area contributed by atoms with Gasteiger partial charge in [0.2, 0.25) is 0 Å². The second-order valence-corrected chi connectivity index (χ2v) is 3.89. The van der Waals surface area contributed by atoms with E-state index in [2.05, 4.69) is 5.32 Å². The summed E-state index contributed by atoms with van der Waals surface area (Å²) in [5, 5.41) is 3.52. The Labute approximate surface area is 63.2 Å². The van der Waals surface area contributed by atoms with E-state index in [0.29, 0.717) is 0 Å². The number of hydrogen-bond acceptors (Lipinski definition) is 1. The summed E-state index contributed by atoms with van der Waals surface area (Å²) < 4.78 is 0. The lowest BCUT2D eigenvalue weighted by molar-refractivity contribution is 0.283. The van der Waals surface area contributed by atoms with Crippen molar-refractivity contribution in [3.05, 3.63) is 0 Å². The van der Waals surface area contributed by atoms with Crippen molar-refractivity contribution in [3.63, 3.8) is 0 Å². The molecule has 0 aromatic carbocycles. The molecule has 2 unspecified atom stereocenters. The van der Waals surface area contributed by atoms with Gasteiger partial charge < -0.3 is 5.32 Å². The molecule has 2 atom stereocenters. The zero-order valence-corrected chi connectivity index (χ0v) is 6.60. The van der Waals surface area contributed by atoms with Crippen molar-refractivity contribution < 1.29 is 0 Å². The van der Waals surface area contributed by atoms with E-state index in [1.807, 2.05) is 0 Å². The molecule has 1 aliphatic heterocycles. The first-order valence-electron chi connectivity index (χ1n) is 4.66. The van der Waals surface area contributed by atoms with Crippen molar-refractivity contribution in [1.82, 2.24) is 5.32 Å². The number of hydrogen-bond donors (Lipinski definition) is 1. The molecule has 0 aromatic rings. The zero-order valence-electron chi connectivity index (χ0n) is 6.60. The van der Waals surface area contributed by atoms with Crippen LogP contribution < -0.4 is 5.32 Å². The minimum absolute atomic E-state index is 1.03. The van der Waals surface area contributed by atoms with Gasteiger partial charge in [0.15, 0.2) is 0 Å². The summed E-state index contributed by atoms with van der Waals surface area (Å²) in [6.07, 6.45) is 7.46. The van der Waals surface area contributed by atoms with Gasteiger partial charge in [0.1, 0.15) is 0 Å². The molecule has 1 N–H and O–H groups in total. The van der Waals surface area contributed by atoms with Gasteiger partial charge >= 0.3 is 0 Å². The Bertz CT molecular complexity index is 99.3. The molecule has 2 rings (SSSR count). The van der Waals surface area contributed by atoms with Crippen LogP contribution in [0.4, 0.5) is 0 Å². The van der Waals surface area contributed by atoms with Crippen molar-refractivity contribution >= 4 is 0 Å². The van der Waals surface area contributed by atoms with Crippen LogP contribution in [0.3, 0.4) is 0 Å². The zero-order chi connectivity index (χ0) is 6.81. The van der Waals surface area contributed by atoms with Gasteiger partial charge in [0.25, 0.3) is 0 Å². The van der Waals surface area contributed by atoms with Crippen molar-refractivity contribution in [2.45, 2.75) is 32.1 Å². The minimum Gasteiger partial charge on any atom is -0.316 e. The molecule has 1 aliphatic carbocycles. The van der Waals surface area contributed by atoms with E-state index in [9.17, 15) is 0 Å². The molecule has 1 saturated carbocycles. The maximum atomic E-state index is 3.52. The van der Waals surface area contributed by atoms with Crippen LogP contribution in [-0.4, -0.2) is 13.1 Å². The molecule has 0 spiro atoms. The SMILES string of the molecule is C1CC2CCNCC(C1)C2. The fraction of sp³-hybridized carbons (Fsp3) is 1.00. The molecule has 0 aromatic heterocycles. The molecule has 1 saturated heterocycles. The fourth-order valence-corrected chi connectivity index (χ4v) is 2.46. The Morgan fingerprint density at radius 3 is 2.90 bits per heavy atom. The Morgan fingerprint density at radius 1 is 1.00 bits per heavy atom. The van der Waals surface area contributed by atoms with Crippen molar-refractivity contribution in [2.75, 3.05) is 13.1 Å². The third-order valence-electron chi connectivity index (χ3n) is 3.05. The summed E-state index contributed by atoms with van der Waals surface area (Å²) in [5.74, 6) is 2.11. The summed E-state index contributed by atoms with van der Waals surface area (Å²) in [6, 6.07) is 0. The number of rotatable bonds is 0. The van der Waals surface area contributed by atoms with E-state index >= 15 is 0 Å². The van der Waals surface area contributed by atoms with Crippen molar-refractivity contribution in [3.8, 4) is 0 Å². The Morgan fingerprint density at radius 2 is 1.90 bits per heavy atom. The molecule has 0 amide bonds. The Kier molecular flexibility index (Phi) is 1.94. The van der Waals surface area contributed by atoms with Crippen LogP contribution in [0.25, 0.3) is 0 Å². The van der Waals surface area contributed by atoms with Gasteiger partial charge in [-0.15, -0.1) is 0 Å². The van der Waals surface area contributed by atoms with E-state index in [1.54, 1.807) is 0 Å². The Balaban J connectivity index is 1.96. The van der Waals surface area contributed by atoms with Gasteiger partial charge in [0, 0.05) is 0 Å². The third kappa shape index (κ3) is 1.34. The molecular formula is C9H17N. The summed E-state index contributed by atoms with van der Waals surface area (Å²) in [6.45, 7) is 2.58. The minimum atomic E-state index is 1.03. The monoisotopic (exact) mass is 139 g/mol. The van der Waals surface area contributed by atoms with Gasteiger partial charge in [0.05, 0.1) is 0 Å². The van der Waals surface area contributed by atoms with E-state index < -0.39 is 0 Å². The summed E-state index contributed by atoms with van der Waals surface area (Å²) in [7, 11) is 0. The molecule has 58 valence electrons. The van der Waals surface area contributed by atoms with Crippen molar-refractivity contribution in [1.29, 1.82) is 0 Å². The van der Waals surface area contributed by atoms with Crippen LogP contribution in [0, 0.1) is 11.8 Å². The smallest absolute Gasteiger partial charge is 0.00204 e. The van der Waals surface area contributed by atoms with E-state index in [4.69, 9.17) is 0 Å². The molecule has 10 heavy (non-hydrogen) atoms. The summed E-state index contributed by atoms with van der Waals surface area (Å²) >= 11 is 0. The second kappa shape index (κ2) is 2.91. The van der Waals surface area contributed by atoms with E-state index in [0.717, 1.165) is 11.8 Å². The highest BCUT2D eigenvalue weighted by molar-refractivity contribution is 4.78. The fourth-order valence-electron chi connectivity index (χ4n) is 2.46. The van der Waals surface area contributed by atoms with Gasteiger partial charge in [-0.05, 0) is 44.2 Å². The van der Waals surface area contributed by atoms with Crippen LogP contribution in [0.2, 0.25) is 0 Å². The van der Waals surface area contributed by atoms with Gasteiger partial charge in [-0.2, -0.15) is 0 Å². The van der Waals surface area contributed by atoms with Crippen molar-refractivity contribution in [2.24, 2.45) is 11.8 Å². The normalized spacial score (nSPS) is 40.8. The molecule has 2 aliphatic rings. The molecular weight excluding hydrogens is 122 g/mol. The summed E-state index contributed by atoms with van der Waals surface area (Å²) in [4.78, 5) is 0. The maximum absolute atomic E-state index is 3.52. The van der Waals surface area contributed by atoms with E-state index in [1.165, 1.54) is 45.2 Å². The number of nitrogens with one attached hydrogen (secondary N) is 1. The first-order chi connectivity index (χ1) is 4.95. The predicted molar refractivity (Wildman–Crippen MR) is 42.9 cm³/mol. The highest BCUT2D eigenvalue weighted by atomic mass is 14.9. The first-order valence-corrected chi connectivity index (χ1v) is 4.66. The average molecular weight is 139 g/mol. The Hall–Kier alpha value is -0.0400. The van der Waals surface area contributed by atoms with Gasteiger partial charge in [-0.1, -0.05) is 12.8 Å². The second-order valence-electron chi connectivity index (χ2n) is 3.89. The standard InChI is InChI=1S/C9H17N/c1-2-8-4-5-10-7-9(3-1)6-8/h8-10H,1-7H2. The quantitative estimate of drug-likeness (QED) is 0.539. The lowest BCUT2D eigenvalue weighted by Crippen LogP contribution is -2.21. The van der Waals surface area contributed by atoms with Gasteiger partial charge in [-0.25, -0.2) is 0 Å². The largest absolute Gasteiger partial charge is 0.316 e. The number of fused-ring (bicyclic) bond motifs is 2. The summed E-state index contributed by atoms with van der Waals surface area (Å²) in [5.41, 5.74) is 0. The average Bonchev–Trinajstić information content (AvgIpc) is 2.12. The maximum Gasteiger partial charge on any atom is -0.00204 e.